The van der Waals surface area contributed by atoms with E-state index in [1.54, 1.807) is 0 Å². The van der Waals surface area contributed by atoms with Crippen LogP contribution in [-0.4, -0.2) is 10.2 Å². The van der Waals surface area contributed by atoms with Gasteiger partial charge in [-0.2, -0.15) is 5.10 Å². The van der Waals surface area contributed by atoms with Gasteiger partial charge in [0.2, 0.25) is 0 Å². The van der Waals surface area contributed by atoms with Gasteiger partial charge in [-0.1, -0.05) is 38.1 Å². The first-order chi connectivity index (χ1) is 7.66. The molecule has 2 aromatic rings. The van der Waals surface area contributed by atoms with E-state index in [1.165, 1.54) is 16.7 Å². The molecule has 2 rings (SSSR count). The van der Waals surface area contributed by atoms with Crippen molar-refractivity contribution in [1.82, 2.24) is 10.2 Å². The predicted molar refractivity (Wildman–Crippen MR) is 66.7 cm³/mol. The van der Waals surface area contributed by atoms with Crippen molar-refractivity contribution < 1.29 is 0 Å². The van der Waals surface area contributed by atoms with Gasteiger partial charge < -0.3 is 0 Å². The summed E-state index contributed by atoms with van der Waals surface area (Å²) in [7, 11) is 0. The molecule has 1 heterocycles. The summed E-state index contributed by atoms with van der Waals surface area (Å²) in [6, 6.07) is 8.86. The van der Waals surface area contributed by atoms with Crippen LogP contribution in [0.3, 0.4) is 0 Å². The summed E-state index contributed by atoms with van der Waals surface area (Å²) in [6.07, 6.45) is 2.87. The molecule has 2 heteroatoms. The van der Waals surface area contributed by atoms with E-state index in [0.717, 1.165) is 12.1 Å². The summed E-state index contributed by atoms with van der Waals surface area (Å²) in [5, 5.41) is 7.01. The maximum Gasteiger partial charge on any atom is 0.0525 e. The van der Waals surface area contributed by atoms with Crippen molar-refractivity contribution in [3.8, 4) is 0 Å². The van der Waals surface area contributed by atoms with Gasteiger partial charge in [-0.3, -0.25) is 5.10 Å². The topological polar surface area (TPSA) is 28.7 Å². The summed E-state index contributed by atoms with van der Waals surface area (Å²) in [6.45, 7) is 6.50. The highest BCUT2D eigenvalue weighted by atomic mass is 15.1. The molecule has 0 spiro atoms. The van der Waals surface area contributed by atoms with Gasteiger partial charge in [-0.05, 0) is 29.5 Å². The number of rotatable bonds is 3. The predicted octanol–water partition coefficient (Wildman–Crippen LogP) is 3.43. The first-order valence-electron chi connectivity index (χ1n) is 5.74. The lowest BCUT2D eigenvalue weighted by molar-refractivity contribution is 0.865. The van der Waals surface area contributed by atoms with E-state index in [9.17, 15) is 0 Å². The molecule has 1 aromatic carbocycles. The first-order valence-corrected chi connectivity index (χ1v) is 5.74. The Morgan fingerprint density at radius 2 is 1.88 bits per heavy atom. The Hall–Kier alpha value is -1.57. The highest BCUT2D eigenvalue weighted by Crippen LogP contribution is 2.17. The number of aromatic amines is 1. The molecule has 84 valence electrons. The molecule has 1 N–H and O–H groups in total. The number of nitrogens with zero attached hydrogens (tertiary/aromatic N) is 1. The van der Waals surface area contributed by atoms with E-state index < -0.39 is 0 Å². The van der Waals surface area contributed by atoms with Crippen LogP contribution in [0, 0.1) is 6.92 Å². The van der Waals surface area contributed by atoms with Crippen molar-refractivity contribution in [3.63, 3.8) is 0 Å². The molecule has 0 aliphatic carbocycles. The minimum atomic E-state index is 0.602. The Morgan fingerprint density at radius 1 is 1.19 bits per heavy atom. The molecule has 1 aromatic heterocycles. The SMILES string of the molecule is Cc1[nH]ncc1Cc1ccc(C(C)C)cc1. The Morgan fingerprint density at radius 3 is 2.38 bits per heavy atom. The number of benzene rings is 1. The van der Waals surface area contributed by atoms with E-state index in [0.29, 0.717) is 5.92 Å². The van der Waals surface area contributed by atoms with Crippen LogP contribution in [0.5, 0.6) is 0 Å². The average Bonchev–Trinajstić information content (AvgIpc) is 2.65. The van der Waals surface area contributed by atoms with Crippen LogP contribution in [0.15, 0.2) is 30.5 Å². The van der Waals surface area contributed by atoms with E-state index in [4.69, 9.17) is 0 Å². The van der Waals surface area contributed by atoms with E-state index in [1.807, 2.05) is 6.20 Å². The van der Waals surface area contributed by atoms with Crippen molar-refractivity contribution in [1.29, 1.82) is 0 Å². The van der Waals surface area contributed by atoms with Crippen LogP contribution in [0.2, 0.25) is 0 Å². The molecule has 0 aliphatic rings. The lowest BCUT2D eigenvalue weighted by Gasteiger charge is -2.06. The Bertz CT molecular complexity index is 452. The van der Waals surface area contributed by atoms with E-state index in [2.05, 4.69) is 55.2 Å². The second kappa shape index (κ2) is 4.52. The fourth-order valence-corrected chi connectivity index (χ4v) is 1.79. The molecule has 0 aliphatic heterocycles. The number of nitrogens with one attached hydrogen (secondary N) is 1. The molecule has 0 saturated heterocycles. The second-order valence-electron chi connectivity index (χ2n) is 4.59. The molecule has 0 radical (unpaired) electrons. The molecule has 2 nitrogen and oxygen atoms in total. The third kappa shape index (κ3) is 2.32. The number of hydrogen-bond donors (Lipinski definition) is 1. The van der Waals surface area contributed by atoms with Crippen LogP contribution >= 0.6 is 0 Å². The van der Waals surface area contributed by atoms with Gasteiger partial charge in [-0.15, -0.1) is 0 Å². The third-order valence-electron chi connectivity index (χ3n) is 2.98. The Labute approximate surface area is 96.7 Å². The quantitative estimate of drug-likeness (QED) is 0.833. The lowest BCUT2D eigenvalue weighted by Crippen LogP contribution is -1.91. The number of H-pyrrole nitrogens is 1. The maximum atomic E-state index is 4.04. The molecule has 0 amide bonds. The van der Waals surface area contributed by atoms with E-state index >= 15 is 0 Å². The zero-order valence-electron chi connectivity index (χ0n) is 10.1. The minimum Gasteiger partial charge on any atom is -0.283 e. The minimum absolute atomic E-state index is 0.602. The maximum absolute atomic E-state index is 4.04. The Balaban J connectivity index is 2.14. The third-order valence-corrected chi connectivity index (χ3v) is 2.98. The smallest absolute Gasteiger partial charge is 0.0525 e. The summed E-state index contributed by atoms with van der Waals surface area (Å²) in [5.74, 6) is 0.602. The molecule has 0 atom stereocenters. The zero-order valence-corrected chi connectivity index (χ0v) is 10.1. The lowest BCUT2D eigenvalue weighted by atomic mass is 9.99. The zero-order chi connectivity index (χ0) is 11.5. The van der Waals surface area contributed by atoms with Crippen molar-refractivity contribution in [2.24, 2.45) is 0 Å². The van der Waals surface area contributed by atoms with Crippen LogP contribution in [-0.2, 0) is 6.42 Å². The number of hydrogen-bond acceptors (Lipinski definition) is 1. The van der Waals surface area contributed by atoms with Gasteiger partial charge in [-0.25, -0.2) is 0 Å². The fraction of sp³-hybridized carbons (Fsp3) is 0.357. The number of aromatic nitrogens is 2. The molecular weight excluding hydrogens is 196 g/mol. The van der Waals surface area contributed by atoms with Gasteiger partial charge in [0.05, 0.1) is 6.20 Å². The summed E-state index contributed by atoms with van der Waals surface area (Å²) < 4.78 is 0. The van der Waals surface area contributed by atoms with Crippen LogP contribution in [0.4, 0.5) is 0 Å². The van der Waals surface area contributed by atoms with Crippen molar-refractivity contribution in [2.75, 3.05) is 0 Å². The van der Waals surface area contributed by atoms with Gasteiger partial charge in [0.25, 0.3) is 0 Å². The largest absolute Gasteiger partial charge is 0.283 e. The van der Waals surface area contributed by atoms with Crippen molar-refractivity contribution in [3.05, 3.63) is 52.8 Å². The average molecular weight is 214 g/mol. The second-order valence-corrected chi connectivity index (χ2v) is 4.59. The van der Waals surface area contributed by atoms with Crippen LogP contribution in [0.1, 0.15) is 42.1 Å². The molecule has 0 unspecified atom stereocenters. The van der Waals surface area contributed by atoms with Crippen LogP contribution < -0.4 is 0 Å². The van der Waals surface area contributed by atoms with Gasteiger partial charge in [0, 0.05) is 12.1 Å². The molecule has 16 heavy (non-hydrogen) atoms. The van der Waals surface area contributed by atoms with Crippen LogP contribution in [0.25, 0.3) is 0 Å². The van der Waals surface area contributed by atoms with Crippen molar-refractivity contribution >= 4 is 0 Å². The highest BCUT2D eigenvalue weighted by Gasteiger charge is 2.03. The fourth-order valence-electron chi connectivity index (χ4n) is 1.79. The summed E-state index contributed by atoms with van der Waals surface area (Å²) in [4.78, 5) is 0. The van der Waals surface area contributed by atoms with Gasteiger partial charge >= 0.3 is 0 Å². The molecule has 0 saturated carbocycles. The number of aryl methyl sites for hydroxylation is 1. The Kier molecular flexibility index (Phi) is 3.09. The first kappa shape index (κ1) is 10.9. The standard InChI is InChI=1S/C14H18N2/c1-10(2)13-6-4-12(5-7-13)8-14-9-15-16-11(14)3/h4-7,9-10H,8H2,1-3H3,(H,15,16). The summed E-state index contributed by atoms with van der Waals surface area (Å²) >= 11 is 0. The monoisotopic (exact) mass is 214 g/mol. The van der Waals surface area contributed by atoms with Gasteiger partial charge in [0.1, 0.15) is 0 Å². The highest BCUT2D eigenvalue weighted by molar-refractivity contribution is 5.30. The molecule has 0 fully saturated rings. The summed E-state index contributed by atoms with van der Waals surface area (Å²) in [5.41, 5.74) is 5.17. The molecular formula is C14H18N2. The van der Waals surface area contributed by atoms with E-state index in [-0.39, 0.29) is 0 Å². The normalized spacial score (nSPS) is 11.0. The van der Waals surface area contributed by atoms with Crippen molar-refractivity contribution in [2.45, 2.75) is 33.1 Å². The van der Waals surface area contributed by atoms with Gasteiger partial charge in [0.15, 0.2) is 0 Å². The molecule has 0 bridgehead atoms.